The number of hydrogen-bond donors (Lipinski definition) is 0. The van der Waals surface area contributed by atoms with Gasteiger partial charge < -0.3 is 19.4 Å². The highest BCUT2D eigenvalue weighted by Crippen LogP contribution is 2.36. The molecular formula is C26H31Cl2N3O3. The second kappa shape index (κ2) is 11.0. The van der Waals surface area contributed by atoms with Crippen LogP contribution < -0.4 is 4.74 Å². The van der Waals surface area contributed by atoms with Gasteiger partial charge in [0.05, 0.1) is 6.61 Å². The minimum absolute atomic E-state index is 0.0647. The Balaban J connectivity index is 1.52. The molecule has 2 aromatic carbocycles. The van der Waals surface area contributed by atoms with Crippen molar-refractivity contribution in [1.29, 1.82) is 0 Å². The van der Waals surface area contributed by atoms with Gasteiger partial charge in [0.1, 0.15) is 5.75 Å². The van der Waals surface area contributed by atoms with Crippen molar-refractivity contribution in [2.75, 3.05) is 52.9 Å². The quantitative estimate of drug-likeness (QED) is 0.583. The summed E-state index contributed by atoms with van der Waals surface area (Å²) in [5, 5.41) is 1.17. The van der Waals surface area contributed by atoms with Crippen LogP contribution in [-0.2, 0) is 4.79 Å². The maximum atomic E-state index is 13.3. The van der Waals surface area contributed by atoms with E-state index in [0.717, 1.165) is 39.0 Å². The minimum atomic E-state index is -0.466. The van der Waals surface area contributed by atoms with Crippen molar-refractivity contribution < 1.29 is 14.3 Å². The Morgan fingerprint density at radius 3 is 2.38 bits per heavy atom. The van der Waals surface area contributed by atoms with Gasteiger partial charge in [-0.1, -0.05) is 29.3 Å². The molecule has 0 unspecified atom stereocenters. The Bertz CT molecular complexity index is 1010. The molecule has 0 bridgehead atoms. The van der Waals surface area contributed by atoms with Crippen molar-refractivity contribution in [3.63, 3.8) is 0 Å². The number of piperidine rings is 1. The Morgan fingerprint density at radius 2 is 1.68 bits per heavy atom. The number of likely N-dealkylation sites (tertiary alicyclic amines) is 1. The third-order valence-electron chi connectivity index (χ3n) is 6.76. The molecule has 2 aromatic rings. The van der Waals surface area contributed by atoms with Crippen LogP contribution in [0.2, 0.25) is 10.0 Å². The monoisotopic (exact) mass is 503 g/mol. The minimum Gasteiger partial charge on any atom is -0.493 e. The molecule has 4 rings (SSSR count). The largest absolute Gasteiger partial charge is 0.493 e. The Kier molecular flexibility index (Phi) is 8.02. The molecule has 2 aliphatic heterocycles. The lowest BCUT2D eigenvalue weighted by molar-refractivity contribution is -0.137. The third kappa shape index (κ3) is 6.23. The number of amides is 2. The van der Waals surface area contributed by atoms with Gasteiger partial charge in [0, 0.05) is 66.7 Å². The second-order valence-electron chi connectivity index (χ2n) is 9.44. The van der Waals surface area contributed by atoms with E-state index in [-0.39, 0.29) is 11.8 Å². The number of halogens is 2. The van der Waals surface area contributed by atoms with E-state index < -0.39 is 5.41 Å². The average molecular weight is 504 g/mol. The number of hydrogen-bond acceptors (Lipinski definition) is 4. The third-order valence-corrected chi connectivity index (χ3v) is 7.25. The van der Waals surface area contributed by atoms with Gasteiger partial charge in [0.25, 0.3) is 5.91 Å². The van der Waals surface area contributed by atoms with Crippen molar-refractivity contribution >= 4 is 35.0 Å². The lowest BCUT2D eigenvalue weighted by atomic mass is 9.77. The zero-order chi connectivity index (χ0) is 24.1. The van der Waals surface area contributed by atoms with Gasteiger partial charge in [-0.25, -0.2) is 0 Å². The Morgan fingerprint density at radius 1 is 0.941 bits per heavy atom. The van der Waals surface area contributed by atoms with Crippen molar-refractivity contribution in [2.45, 2.75) is 19.3 Å². The second-order valence-corrected chi connectivity index (χ2v) is 10.3. The number of carbonyl (C=O) groups is 2. The highest BCUT2D eigenvalue weighted by Gasteiger charge is 2.41. The van der Waals surface area contributed by atoms with E-state index in [1.807, 2.05) is 21.9 Å². The predicted molar refractivity (Wildman–Crippen MR) is 135 cm³/mol. The van der Waals surface area contributed by atoms with Gasteiger partial charge in [-0.3, -0.25) is 9.59 Å². The van der Waals surface area contributed by atoms with Crippen LogP contribution in [0.5, 0.6) is 5.75 Å². The van der Waals surface area contributed by atoms with E-state index in [1.54, 1.807) is 36.4 Å². The molecule has 2 saturated heterocycles. The van der Waals surface area contributed by atoms with E-state index >= 15 is 0 Å². The lowest BCUT2D eigenvalue weighted by Crippen LogP contribution is -2.53. The summed E-state index contributed by atoms with van der Waals surface area (Å²) >= 11 is 12.1. The zero-order valence-electron chi connectivity index (χ0n) is 19.5. The average Bonchev–Trinajstić information content (AvgIpc) is 2.84. The fourth-order valence-electron chi connectivity index (χ4n) is 4.75. The molecule has 0 aromatic heterocycles. The topological polar surface area (TPSA) is 53.1 Å². The molecule has 182 valence electrons. The van der Waals surface area contributed by atoms with Gasteiger partial charge in [-0.05, 0) is 62.4 Å². The van der Waals surface area contributed by atoms with Gasteiger partial charge >= 0.3 is 0 Å². The first-order valence-electron chi connectivity index (χ1n) is 11.7. The molecule has 0 aliphatic carbocycles. The molecule has 2 amide bonds. The SMILES string of the molecule is CN1CCN(C(=O)C[C@]2(COc3ccc(Cl)cc3)CCCN(C(=O)c3cccc(Cl)c3)C2)CC1. The van der Waals surface area contributed by atoms with Gasteiger partial charge in [-0.2, -0.15) is 0 Å². The molecule has 6 nitrogen and oxygen atoms in total. The maximum absolute atomic E-state index is 13.3. The zero-order valence-corrected chi connectivity index (χ0v) is 21.0. The Hall–Kier alpha value is -2.28. The number of benzene rings is 2. The number of piperazine rings is 1. The van der Waals surface area contributed by atoms with Crippen LogP contribution in [0.3, 0.4) is 0 Å². The van der Waals surface area contributed by atoms with Crippen molar-refractivity contribution in [1.82, 2.24) is 14.7 Å². The van der Waals surface area contributed by atoms with Crippen LogP contribution in [0.1, 0.15) is 29.6 Å². The van der Waals surface area contributed by atoms with E-state index in [1.165, 1.54) is 0 Å². The van der Waals surface area contributed by atoms with Crippen LogP contribution in [0.25, 0.3) is 0 Å². The summed E-state index contributed by atoms with van der Waals surface area (Å²) in [6, 6.07) is 14.3. The number of ether oxygens (including phenoxy) is 1. The maximum Gasteiger partial charge on any atom is 0.253 e. The summed E-state index contributed by atoms with van der Waals surface area (Å²) in [6.07, 6.45) is 1.98. The van der Waals surface area contributed by atoms with E-state index in [4.69, 9.17) is 27.9 Å². The fourth-order valence-corrected chi connectivity index (χ4v) is 5.07. The number of carbonyl (C=O) groups excluding carboxylic acids is 2. The standard InChI is InChI=1S/C26H31Cl2N3O3/c1-29-12-14-30(15-13-29)24(32)17-26(19-34-23-8-6-21(27)7-9-23)10-3-11-31(18-26)25(33)20-4-2-5-22(28)16-20/h2,4-9,16H,3,10-15,17-19H2,1H3/t26-/m1/s1. The lowest BCUT2D eigenvalue weighted by Gasteiger charge is -2.43. The fraction of sp³-hybridized carbons (Fsp3) is 0.462. The van der Waals surface area contributed by atoms with Gasteiger partial charge in [0.2, 0.25) is 5.91 Å². The molecule has 0 spiro atoms. The molecular weight excluding hydrogens is 473 g/mol. The van der Waals surface area contributed by atoms with Crippen molar-refractivity contribution in [3.05, 3.63) is 64.1 Å². The summed E-state index contributed by atoms with van der Waals surface area (Å²) in [4.78, 5) is 32.6. The summed E-state index contributed by atoms with van der Waals surface area (Å²) in [5.74, 6) is 0.768. The first kappa shape index (κ1) is 24.8. The smallest absolute Gasteiger partial charge is 0.253 e. The Labute approximate surface area is 211 Å². The number of rotatable bonds is 6. The molecule has 2 heterocycles. The molecule has 0 N–H and O–H groups in total. The number of likely N-dealkylation sites (N-methyl/N-ethyl adjacent to an activating group) is 1. The van der Waals surface area contributed by atoms with Crippen LogP contribution in [-0.4, -0.2) is 79.4 Å². The summed E-state index contributed by atoms with van der Waals surface area (Å²) in [5.41, 5.74) is 0.0966. The van der Waals surface area contributed by atoms with E-state index in [0.29, 0.717) is 47.5 Å². The van der Waals surface area contributed by atoms with Crippen LogP contribution >= 0.6 is 23.2 Å². The van der Waals surface area contributed by atoms with E-state index in [2.05, 4.69) is 11.9 Å². The van der Waals surface area contributed by atoms with Crippen LogP contribution in [0.15, 0.2) is 48.5 Å². The highest BCUT2D eigenvalue weighted by molar-refractivity contribution is 6.31. The van der Waals surface area contributed by atoms with Gasteiger partial charge in [0.15, 0.2) is 0 Å². The first-order chi connectivity index (χ1) is 16.3. The van der Waals surface area contributed by atoms with Crippen LogP contribution in [0, 0.1) is 5.41 Å². The highest BCUT2D eigenvalue weighted by atomic mass is 35.5. The normalized spacial score (nSPS) is 21.4. The summed E-state index contributed by atoms with van der Waals surface area (Å²) in [7, 11) is 2.07. The molecule has 2 fully saturated rings. The molecule has 34 heavy (non-hydrogen) atoms. The summed E-state index contributed by atoms with van der Waals surface area (Å²) < 4.78 is 6.17. The number of nitrogens with zero attached hydrogens (tertiary/aromatic N) is 3. The summed E-state index contributed by atoms with van der Waals surface area (Å²) in [6.45, 7) is 4.68. The molecule has 0 saturated carbocycles. The first-order valence-corrected chi connectivity index (χ1v) is 12.5. The van der Waals surface area contributed by atoms with Gasteiger partial charge in [-0.15, -0.1) is 0 Å². The van der Waals surface area contributed by atoms with Crippen LogP contribution in [0.4, 0.5) is 0 Å². The van der Waals surface area contributed by atoms with Crippen molar-refractivity contribution in [2.24, 2.45) is 5.41 Å². The predicted octanol–water partition coefficient (Wildman–Crippen LogP) is 4.46. The molecule has 0 radical (unpaired) electrons. The van der Waals surface area contributed by atoms with E-state index in [9.17, 15) is 9.59 Å². The molecule has 1 atom stereocenters. The molecule has 8 heteroatoms. The molecule has 2 aliphatic rings. The van der Waals surface area contributed by atoms with Crippen molar-refractivity contribution in [3.8, 4) is 5.75 Å².